The Hall–Kier alpha value is -3.35. The molecule has 1 fully saturated rings. The standard InChI is InChI=1S/C21H22O11/c22-8-14-16(27)18(29)19(30)21(31-14)32-20-13(26)7-12(25)15(17(20)28)11(24)6-3-9-1-4-10(23)5-2-9/h1-7,14,16,18-19,21-23,25-30H,8H2. The van der Waals surface area contributed by atoms with Gasteiger partial charge in [-0.05, 0) is 23.8 Å². The number of phenols is 4. The molecule has 1 saturated heterocycles. The number of allylic oxidation sites excluding steroid dienone is 1. The number of carbonyl (C=O) groups is 1. The van der Waals surface area contributed by atoms with Crippen LogP contribution in [0, 0.1) is 0 Å². The summed E-state index contributed by atoms with van der Waals surface area (Å²) in [5, 5.41) is 78.9. The minimum atomic E-state index is -1.84. The Bertz CT molecular complexity index is 1000. The van der Waals surface area contributed by atoms with Gasteiger partial charge in [-0.2, -0.15) is 0 Å². The van der Waals surface area contributed by atoms with Gasteiger partial charge in [-0.3, -0.25) is 4.79 Å². The van der Waals surface area contributed by atoms with Crippen molar-refractivity contribution in [1.82, 2.24) is 0 Å². The van der Waals surface area contributed by atoms with Gasteiger partial charge >= 0.3 is 0 Å². The highest BCUT2D eigenvalue weighted by Crippen LogP contribution is 2.45. The Morgan fingerprint density at radius 3 is 2.25 bits per heavy atom. The summed E-state index contributed by atoms with van der Waals surface area (Å²) in [6.07, 6.45) is -5.95. The number of aromatic hydroxyl groups is 4. The molecule has 0 aromatic heterocycles. The fourth-order valence-electron chi connectivity index (χ4n) is 3.10. The SMILES string of the molecule is O=C(C=Cc1ccc(O)cc1)c1c(O)cc(O)c(OC2OC(CO)C(O)C(O)C2O)c1O. The summed E-state index contributed by atoms with van der Waals surface area (Å²) in [4.78, 5) is 12.6. The van der Waals surface area contributed by atoms with Crippen LogP contribution in [-0.4, -0.2) is 83.9 Å². The second-order valence-corrected chi connectivity index (χ2v) is 7.07. The van der Waals surface area contributed by atoms with Gasteiger partial charge in [0.15, 0.2) is 17.3 Å². The fourth-order valence-corrected chi connectivity index (χ4v) is 3.10. The van der Waals surface area contributed by atoms with Crippen LogP contribution in [0.25, 0.3) is 6.08 Å². The molecular weight excluding hydrogens is 428 g/mol. The molecule has 0 radical (unpaired) electrons. The molecule has 1 heterocycles. The van der Waals surface area contributed by atoms with Crippen molar-refractivity contribution >= 4 is 11.9 Å². The Kier molecular flexibility index (Phi) is 6.87. The van der Waals surface area contributed by atoms with E-state index in [1.54, 1.807) is 0 Å². The number of hydrogen-bond acceptors (Lipinski definition) is 11. The van der Waals surface area contributed by atoms with Gasteiger partial charge in [-0.1, -0.05) is 18.2 Å². The number of aliphatic hydroxyl groups excluding tert-OH is 4. The van der Waals surface area contributed by atoms with Crippen LogP contribution >= 0.6 is 0 Å². The summed E-state index contributed by atoms with van der Waals surface area (Å²) in [6.45, 7) is -0.732. The molecule has 0 saturated carbocycles. The summed E-state index contributed by atoms with van der Waals surface area (Å²) >= 11 is 0. The number of rotatable bonds is 6. The summed E-state index contributed by atoms with van der Waals surface area (Å²) in [7, 11) is 0. The third-order valence-electron chi connectivity index (χ3n) is 4.86. The van der Waals surface area contributed by atoms with Crippen LogP contribution < -0.4 is 4.74 Å². The molecule has 2 aromatic carbocycles. The van der Waals surface area contributed by atoms with Crippen molar-refractivity contribution in [3.05, 3.63) is 47.5 Å². The van der Waals surface area contributed by atoms with E-state index < -0.39 is 71.7 Å². The van der Waals surface area contributed by atoms with Crippen molar-refractivity contribution < 1.29 is 55.1 Å². The fraction of sp³-hybridized carbons (Fsp3) is 0.286. The van der Waals surface area contributed by atoms with E-state index in [1.165, 1.54) is 30.3 Å². The van der Waals surface area contributed by atoms with Crippen molar-refractivity contribution in [2.75, 3.05) is 6.61 Å². The Morgan fingerprint density at radius 1 is 0.969 bits per heavy atom. The maximum Gasteiger partial charge on any atom is 0.229 e. The smallest absolute Gasteiger partial charge is 0.229 e. The number of hydrogen-bond donors (Lipinski definition) is 8. The number of benzene rings is 2. The molecule has 0 aliphatic carbocycles. The molecule has 3 rings (SSSR count). The lowest BCUT2D eigenvalue weighted by Gasteiger charge is -2.39. The summed E-state index contributed by atoms with van der Waals surface area (Å²) in [5.74, 6) is -4.13. The van der Waals surface area contributed by atoms with Gasteiger partial charge in [-0.15, -0.1) is 0 Å². The number of phenolic OH excluding ortho intramolecular Hbond substituents is 4. The average Bonchev–Trinajstić information content (AvgIpc) is 2.75. The van der Waals surface area contributed by atoms with Crippen LogP contribution in [0.3, 0.4) is 0 Å². The summed E-state index contributed by atoms with van der Waals surface area (Å²) < 4.78 is 10.4. The van der Waals surface area contributed by atoms with E-state index in [0.29, 0.717) is 5.56 Å². The van der Waals surface area contributed by atoms with Gasteiger partial charge in [-0.25, -0.2) is 0 Å². The van der Waals surface area contributed by atoms with Crippen molar-refractivity contribution in [1.29, 1.82) is 0 Å². The molecule has 5 atom stereocenters. The molecule has 32 heavy (non-hydrogen) atoms. The zero-order valence-corrected chi connectivity index (χ0v) is 16.4. The molecule has 0 amide bonds. The lowest BCUT2D eigenvalue weighted by molar-refractivity contribution is -0.277. The van der Waals surface area contributed by atoms with Crippen LogP contribution in [0.1, 0.15) is 15.9 Å². The van der Waals surface area contributed by atoms with Crippen LogP contribution in [0.15, 0.2) is 36.4 Å². The first-order chi connectivity index (χ1) is 15.1. The lowest BCUT2D eigenvalue weighted by atomic mass is 9.99. The van der Waals surface area contributed by atoms with Gasteiger partial charge in [0.25, 0.3) is 0 Å². The first-order valence-electron chi connectivity index (χ1n) is 9.40. The Balaban J connectivity index is 1.89. The van der Waals surface area contributed by atoms with Gasteiger partial charge in [0, 0.05) is 6.07 Å². The van der Waals surface area contributed by atoms with E-state index in [4.69, 9.17) is 9.47 Å². The molecule has 8 N–H and O–H groups in total. The summed E-state index contributed by atoms with van der Waals surface area (Å²) in [5.41, 5.74) is -0.0934. The highest BCUT2D eigenvalue weighted by Gasteiger charge is 2.45. The second kappa shape index (κ2) is 9.42. The topological polar surface area (TPSA) is 197 Å². The average molecular weight is 450 g/mol. The van der Waals surface area contributed by atoms with Gasteiger partial charge < -0.3 is 50.3 Å². The van der Waals surface area contributed by atoms with Gasteiger partial charge in [0.05, 0.1) is 6.61 Å². The van der Waals surface area contributed by atoms with Crippen LogP contribution in [-0.2, 0) is 4.74 Å². The van der Waals surface area contributed by atoms with Gasteiger partial charge in [0.1, 0.15) is 41.5 Å². The third kappa shape index (κ3) is 4.61. The second-order valence-electron chi connectivity index (χ2n) is 7.07. The molecule has 0 bridgehead atoms. The van der Waals surface area contributed by atoms with E-state index in [0.717, 1.165) is 12.1 Å². The van der Waals surface area contributed by atoms with E-state index in [1.807, 2.05) is 0 Å². The maximum atomic E-state index is 12.6. The van der Waals surface area contributed by atoms with Crippen LogP contribution in [0.4, 0.5) is 0 Å². The molecule has 5 unspecified atom stereocenters. The first-order valence-corrected chi connectivity index (χ1v) is 9.40. The number of aliphatic hydroxyl groups is 4. The molecule has 1 aliphatic heterocycles. The van der Waals surface area contributed by atoms with Crippen molar-refractivity contribution in [3.63, 3.8) is 0 Å². The molecule has 172 valence electrons. The van der Waals surface area contributed by atoms with Crippen molar-refractivity contribution in [3.8, 4) is 28.7 Å². The van der Waals surface area contributed by atoms with Crippen LogP contribution in [0.2, 0.25) is 0 Å². The molecule has 2 aromatic rings. The minimum Gasteiger partial charge on any atom is -0.508 e. The number of ether oxygens (including phenoxy) is 2. The summed E-state index contributed by atoms with van der Waals surface area (Å²) in [6, 6.07) is 6.55. The normalized spacial score (nSPS) is 25.7. The predicted octanol–water partition coefficient (Wildman–Crippen LogP) is -0.416. The van der Waals surface area contributed by atoms with Crippen molar-refractivity contribution in [2.45, 2.75) is 30.7 Å². The zero-order valence-electron chi connectivity index (χ0n) is 16.4. The maximum absolute atomic E-state index is 12.6. The van der Waals surface area contributed by atoms with E-state index in [-0.39, 0.29) is 5.75 Å². The van der Waals surface area contributed by atoms with E-state index in [9.17, 15) is 45.6 Å². The zero-order chi connectivity index (χ0) is 23.6. The van der Waals surface area contributed by atoms with Crippen LogP contribution in [0.5, 0.6) is 28.7 Å². The Morgan fingerprint density at radius 2 is 1.62 bits per heavy atom. The third-order valence-corrected chi connectivity index (χ3v) is 4.86. The first kappa shape index (κ1) is 23.3. The minimum absolute atomic E-state index is 0.0253. The monoisotopic (exact) mass is 450 g/mol. The lowest BCUT2D eigenvalue weighted by Crippen LogP contribution is -2.60. The predicted molar refractivity (Wildman–Crippen MR) is 107 cm³/mol. The highest BCUT2D eigenvalue weighted by molar-refractivity contribution is 6.11. The molecule has 1 aliphatic rings. The largest absolute Gasteiger partial charge is 0.508 e. The molecular formula is C21H22O11. The number of ketones is 1. The quantitative estimate of drug-likeness (QED) is 0.210. The Labute approximate surface area is 181 Å². The van der Waals surface area contributed by atoms with Crippen molar-refractivity contribution in [2.24, 2.45) is 0 Å². The molecule has 0 spiro atoms. The van der Waals surface area contributed by atoms with E-state index in [2.05, 4.69) is 0 Å². The van der Waals surface area contributed by atoms with Gasteiger partial charge in [0.2, 0.25) is 12.0 Å². The molecule has 11 heteroatoms. The molecule has 11 nitrogen and oxygen atoms in total. The number of carbonyl (C=O) groups excluding carboxylic acids is 1. The highest BCUT2D eigenvalue weighted by atomic mass is 16.7. The van der Waals surface area contributed by atoms with E-state index >= 15 is 0 Å².